The maximum absolute atomic E-state index is 12.4. The van der Waals surface area contributed by atoms with Crippen molar-refractivity contribution in [3.63, 3.8) is 0 Å². The van der Waals surface area contributed by atoms with Crippen molar-refractivity contribution >= 4 is 35.0 Å². The quantitative estimate of drug-likeness (QED) is 0.716. The number of carbonyl (C=O) groups is 1. The second kappa shape index (κ2) is 6.41. The van der Waals surface area contributed by atoms with E-state index in [0.717, 1.165) is 0 Å². The topological polar surface area (TPSA) is 93.8 Å². The molecule has 3 rings (SSSR count). The van der Waals surface area contributed by atoms with Gasteiger partial charge in [0.25, 0.3) is 0 Å². The molecule has 6 nitrogen and oxygen atoms in total. The van der Waals surface area contributed by atoms with Gasteiger partial charge in [-0.25, -0.2) is 0 Å². The molecule has 0 aliphatic rings. The maximum atomic E-state index is 12.4. The number of nitrogens with zero attached hydrogens (tertiary/aromatic N) is 3. The van der Waals surface area contributed by atoms with E-state index in [1.807, 2.05) is 12.1 Å². The van der Waals surface area contributed by atoms with Crippen LogP contribution in [-0.4, -0.2) is 20.7 Å². The maximum Gasteiger partial charge on any atom is 0.232 e. The van der Waals surface area contributed by atoms with Gasteiger partial charge in [-0.05, 0) is 12.1 Å². The largest absolute Gasteiger partial charge is 0.368 e. The number of nitrogens with two attached hydrogens (primary N) is 1. The van der Waals surface area contributed by atoms with Gasteiger partial charge in [0.05, 0.1) is 10.7 Å². The predicted octanol–water partition coefficient (Wildman–Crippen LogP) is 3.08. The summed E-state index contributed by atoms with van der Waals surface area (Å²) in [5.41, 5.74) is 6.76. The standard InChI is InChI=1S/C16H12ClN5O/c17-11-8-4-5-9-12(11)19-16-21-14(20-15(18)22-16)13(23)10-6-2-1-3-7-10/h1-9H,(H3,18,19,20,21,22). The molecule has 2 aromatic carbocycles. The SMILES string of the molecule is Nc1nc(Nc2ccccc2Cl)nc(C(=O)c2ccccc2)n1. The molecule has 0 aliphatic carbocycles. The van der Waals surface area contributed by atoms with Crippen molar-refractivity contribution in [3.05, 3.63) is 71.0 Å². The van der Waals surface area contributed by atoms with Crippen molar-refractivity contribution in [2.45, 2.75) is 0 Å². The van der Waals surface area contributed by atoms with E-state index in [9.17, 15) is 4.79 Å². The smallest absolute Gasteiger partial charge is 0.232 e. The van der Waals surface area contributed by atoms with Gasteiger partial charge >= 0.3 is 0 Å². The first-order chi connectivity index (χ1) is 11.1. The van der Waals surface area contributed by atoms with Crippen LogP contribution < -0.4 is 11.1 Å². The number of aromatic nitrogens is 3. The molecular formula is C16H12ClN5O. The number of hydrogen-bond donors (Lipinski definition) is 2. The Labute approximate surface area is 137 Å². The highest BCUT2D eigenvalue weighted by molar-refractivity contribution is 6.33. The van der Waals surface area contributed by atoms with Crippen LogP contribution in [0.3, 0.4) is 0 Å². The van der Waals surface area contributed by atoms with Gasteiger partial charge in [0.1, 0.15) is 0 Å². The van der Waals surface area contributed by atoms with Crippen LogP contribution in [0, 0.1) is 0 Å². The number of ketones is 1. The van der Waals surface area contributed by atoms with Crippen LogP contribution in [-0.2, 0) is 0 Å². The first kappa shape index (κ1) is 14.9. The van der Waals surface area contributed by atoms with Crippen LogP contribution in [0.4, 0.5) is 17.6 Å². The van der Waals surface area contributed by atoms with Crippen molar-refractivity contribution in [2.75, 3.05) is 11.1 Å². The molecule has 0 atom stereocenters. The molecule has 0 saturated carbocycles. The number of anilines is 3. The number of carbonyl (C=O) groups excluding carboxylic acids is 1. The summed E-state index contributed by atoms with van der Waals surface area (Å²) < 4.78 is 0. The molecular weight excluding hydrogens is 314 g/mol. The molecule has 0 amide bonds. The predicted molar refractivity (Wildman–Crippen MR) is 88.8 cm³/mol. The number of rotatable bonds is 4. The molecule has 0 unspecified atom stereocenters. The first-order valence-corrected chi connectivity index (χ1v) is 7.14. The molecule has 0 spiro atoms. The van der Waals surface area contributed by atoms with Crippen LogP contribution in [0.2, 0.25) is 5.02 Å². The molecule has 23 heavy (non-hydrogen) atoms. The lowest BCUT2D eigenvalue weighted by molar-refractivity contribution is 0.102. The van der Waals surface area contributed by atoms with Crippen molar-refractivity contribution in [1.82, 2.24) is 15.0 Å². The van der Waals surface area contributed by atoms with Crippen LogP contribution in [0.25, 0.3) is 0 Å². The normalized spacial score (nSPS) is 10.3. The van der Waals surface area contributed by atoms with Gasteiger partial charge in [-0.3, -0.25) is 4.79 Å². The van der Waals surface area contributed by atoms with E-state index in [1.165, 1.54) is 0 Å². The van der Waals surface area contributed by atoms with Crippen molar-refractivity contribution in [3.8, 4) is 0 Å². The molecule has 0 bridgehead atoms. The average molecular weight is 326 g/mol. The lowest BCUT2D eigenvalue weighted by Crippen LogP contribution is -2.12. The molecule has 3 aromatic rings. The van der Waals surface area contributed by atoms with Gasteiger partial charge in [0.15, 0.2) is 0 Å². The van der Waals surface area contributed by atoms with Gasteiger partial charge in [-0.2, -0.15) is 15.0 Å². The highest BCUT2D eigenvalue weighted by atomic mass is 35.5. The number of nitrogens with one attached hydrogen (secondary N) is 1. The van der Waals surface area contributed by atoms with Gasteiger partial charge in [0, 0.05) is 5.56 Å². The lowest BCUT2D eigenvalue weighted by atomic mass is 10.1. The molecule has 0 saturated heterocycles. The lowest BCUT2D eigenvalue weighted by Gasteiger charge is -2.08. The van der Waals surface area contributed by atoms with E-state index in [0.29, 0.717) is 16.3 Å². The fourth-order valence-electron chi connectivity index (χ4n) is 1.95. The Morgan fingerprint density at radius 1 is 0.957 bits per heavy atom. The Bertz CT molecular complexity index is 854. The summed E-state index contributed by atoms with van der Waals surface area (Å²) in [6, 6.07) is 15.8. The fraction of sp³-hybridized carbons (Fsp3) is 0. The van der Waals surface area contributed by atoms with E-state index in [2.05, 4.69) is 20.3 Å². The molecule has 1 heterocycles. The van der Waals surface area contributed by atoms with Crippen LogP contribution in [0.5, 0.6) is 0 Å². The summed E-state index contributed by atoms with van der Waals surface area (Å²) in [4.78, 5) is 24.4. The van der Waals surface area contributed by atoms with Gasteiger partial charge < -0.3 is 11.1 Å². The Kier molecular flexibility index (Phi) is 4.16. The average Bonchev–Trinajstić information content (AvgIpc) is 2.56. The summed E-state index contributed by atoms with van der Waals surface area (Å²) >= 11 is 6.08. The third-order valence-electron chi connectivity index (χ3n) is 3.01. The Morgan fingerprint density at radius 2 is 1.65 bits per heavy atom. The number of hydrogen-bond acceptors (Lipinski definition) is 6. The minimum atomic E-state index is -0.332. The first-order valence-electron chi connectivity index (χ1n) is 6.76. The molecule has 0 aliphatic heterocycles. The summed E-state index contributed by atoms with van der Waals surface area (Å²) in [7, 11) is 0. The molecule has 114 valence electrons. The van der Waals surface area contributed by atoms with Crippen LogP contribution in [0.15, 0.2) is 54.6 Å². The highest BCUT2D eigenvalue weighted by Gasteiger charge is 2.15. The zero-order chi connectivity index (χ0) is 16.2. The number of nitrogen functional groups attached to an aromatic ring is 1. The molecule has 0 fully saturated rings. The fourth-order valence-corrected chi connectivity index (χ4v) is 2.13. The van der Waals surface area contributed by atoms with Crippen molar-refractivity contribution < 1.29 is 4.79 Å². The van der Waals surface area contributed by atoms with E-state index in [1.54, 1.807) is 42.5 Å². The minimum absolute atomic E-state index is 0.0294. The monoisotopic (exact) mass is 325 g/mol. The minimum Gasteiger partial charge on any atom is -0.368 e. The number of benzene rings is 2. The zero-order valence-corrected chi connectivity index (χ0v) is 12.7. The van der Waals surface area contributed by atoms with Crippen LogP contribution in [0.1, 0.15) is 16.2 Å². The summed E-state index contributed by atoms with van der Waals surface area (Å²) in [5.74, 6) is -0.251. The van der Waals surface area contributed by atoms with E-state index >= 15 is 0 Å². The van der Waals surface area contributed by atoms with Crippen molar-refractivity contribution in [1.29, 1.82) is 0 Å². The summed E-state index contributed by atoms with van der Waals surface area (Å²) in [6.45, 7) is 0. The second-order valence-corrected chi connectivity index (χ2v) is 5.05. The highest BCUT2D eigenvalue weighted by Crippen LogP contribution is 2.23. The Hall–Kier alpha value is -2.99. The Balaban J connectivity index is 1.94. The zero-order valence-electron chi connectivity index (χ0n) is 11.9. The molecule has 1 aromatic heterocycles. The second-order valence-electron chi connectivity index (χ2n) is 4.64. The van der Waals surface area contributed by atoms with Crippen LogP contribution >= 0.6 is 11.6 Å². The molecule has 0 radical (unpaired) electrons. The third kappa shape index (κ3) is 3.44. The van der Waals surface area contributed by atoms with Crippen molar-refractivity contribution in [2.24, 2.45) is 0 Å². The number of halogens is 1. The van der Waals surface area contributed by atoms with E-state index < -0.39 is 0 Å². The third-order valence-corrected chi connectivity index (χ3v) is 3.34. The summed E-state index contributed by atoms with van der Waals surface area (Å²) in [6.07, 6.45) is 0. The van der Waals surface area contributed by atoms with Gasteiger partial charge in [-0.15, -0.1) is 0 Å². The number of para-hydroxylation sites is 1. The summed E-state index contributed by atoms with van der Waals surface area (Å²) in [5, 5.41) is 3.44. The van der Waals surface area contributed by atoms with Gasteiger partial charge in [0.2, 0.25) is 23.5 Å². The Morgan fingerprint density at radius 3 is 2.39 bits per heavy atom. The van der Waals surface area contributed by atoms with E-state index in [-0.39, 0.29) is 23.5 Å². The van der Waals surface area contributed by atoms with Gasteiger partial charge in [-0.1, -0.05) is 54.1 Å². The molecule has 7 heteroatoms. The van der Waals surface area contributed by atoms with E-state index in [4.69, 9.17) is 17.3 Å². The molecule has 3 N–H and O–H groups in total.